The highest BCUT2D eigenvalue weighted by Crippen LogP contribution is 2.27. The number of rotatable bonds is 10. The molecule has 0 fully saturated rings. The summed E-state index contributed by atoms with van der Waals surface area (Å²) in [7, 11) is 1.48. The summed E-state index contributed by atoms with van der Waals surface area (Å²) < 4.78 is 17.2. The number of nitrogens with zero attached hydrogens (tertiary/aromatic N) is 2. The van der Waals surface area contributed by atoms with Gasteiger partial charge in [-0.2, -0.15) is 5.26 Å². The van der Waals surface area contributed by atoms with Gasteiger partial charge in [0.25, 0.3) is 5.56 Å². The second-order valence-electron chi connectivity index (χ2n) is 6.90. The largest absolute Gasteiger partial charge is 0.494 e. The van der Waals surface area contributed by atoms with Gasteiger partial charge in [0.1, 0.15) is 11.6 Å². The summed E-state index contributed by atoms with van der Waals surface area (Å²) in [6, 6.07) is 8.68. The van der Waals surface area contributed by atoms with Crippen molar-refractivity contribution in [2.24, 2.45) is 0 Å². The second kappa shape index (κ2) is 10.5. The topological polar surface area (TPSA) is 111 Å². The van der Waals surface area contributed by atoms with Crippen molar-refractivity contribution in [1.29, 1.82) is 5.26 Å². The van der Waals surface area contributed by atoms with Gasteiger partial charge in [0, 0.05) is 13.2 Å². The summed E-state index contributed by atoms with van der Waals surface area (Å²) in [5.41, 5.74) is -0.799. The van der Waals surface area contributed by atoms with Crippen LogP contribution in [0.15, 0.2) is 29.1 Å². The summed E-state index contributed by atoms with van der Waals surface area (Å²) >= 11 is 0. The molecule has 8 nitrogen and oxygen atoms in total. The van der Waals surface area contributed by atoms with Crippen molar-refractivity contribution >= 4 is 5.78 Å². The maximum absolute atomic E-state index is 12.8. The van der Waals surface area contributed by atoms with Crippen molar-refractivity contribution in [2.45, 2.75) is 39.8 Å². The number of ether oxygens (including phenoxy) is 3. The molecule has 1 N–H and O–H groups in total. The molecule has 0 saturated heterocycles. The molecule has 2 aromatic rings. The number of carbonyl (C=O) groups is 1. The van der Waals surface area contributed by atoms with Gasteiger partial charge in [0.2, 0.25) is 11.7 Å². The Bertz CT molecular complexity index is 1000. The molecule has 0 saturated carbocycles. The van der Waals surface area contributed by atoms with Crippen LogP contribution < -0.4 is 15.0 Å². The zero-order valence-electron chi connectivity index (χ0n) is 17.6. The van der Waals surface area contributed by atoms with Gasteiger partial charge in [-0.1, -0.05) is 12.1 Å². The van der Waals surface area contributed by atoms with Crippen LogP contribution in [0.5, 0.6) is 17.4 Å². The lowest BCUT2D eigenvalue weighted by Crippen LogP contribution is -2.28. The minimum absolute atomic E-state index is 0.0345. The van der Waals surface area contributed by atoms with Crippen LogP contribution in [0.3, 0.4) is 0 Å². The Morgan fingerprint density at radius 1 is 1.27 bits per heavy atom. The maximum atomic E-state index is 12.8. The Morgan fingerprint density at radius 3 is 2.53 bits per heavy atom. The number of nitriles is 1. The van der Waals surface area contributed by atoms with Crippen LogP contribution in [0.1, 0.15) is 41.8 Å². The minimum Gasteiger partial charge on any atom is -0.494 e. The van der Waals surface area contributed by atoms with Gasteiger partial charge >= 0.3 is 0 Å². The molecular weight excluding hydrogens is 388 g/mol. The SMILES string of the molecule is COc1ccccc1OCC(=O)c1c(C)c(C#N)c(=O)n(CCCOC(C)C)c1O. The van der Waals surface area contributed by atoms with Crippen molar-refractivity contribution in [3.05, 3.63) is 51.3 Å². The highest BCUT2D eigenvalue weighted by atomic mass is 16.5. The van der Waals surface area contributed by atoms with Gasteiger partial charge in [-0.3, -0.25) is 14.2 Å². The number of benzene rings is 1. The molecule has 0 unspecified atom stereocenters. The van der Waals surface area contributed by atoms with E-state index in [4.69, 9.17) is 14.2 Å². The lowest BCUT2D eigenvalue weighted by atomic mass is 10.0. The number of hydrogen-bond acceptors (Lipinski definition) is 7. The quantitative estimate of drug-likeness (QED) is 0.470. The summed E-state index contributed by atoms with van der Waals surface area (Å²) in [6.45, 7) is 5.33. The van der Waals surface area contributed by atoms with Gasteiger partial charge in [-0.15, -0.1) is 0 Å². The second-order valence-corrected chi connectivity index (χ2v) is 6.90. The highest BCUT2D eigenvalue weighted by Gasteiger charge is 2.24. The molecule has 1 heterocycles. The van der Waals surface area contributed by atoms with Gasteiger partial charge < -0.3 is 19.3 Å². The predicted molar refractivity (Wildman–Crippen MR) is 110 cm³/mol. The molecule has 8 heteroatoms. The first-order valence-electron chi connectivity index (χ1n) is 9.58. The average molecular weight is 414 g/mol. The average Bonchev–Trinajstić information content (AvgIpc) is 2.71. The van der Waals surface area contributed by atoms with Crippen molar-refractivity contribution in [1.82, 2.24) is 4.57 Å². The normalized spacial score (nSPS) is 10.7. The molecule has 1 aromatic heterocycles. The predicted octanol–water partition coefficient (Wildman–Crippen LogP) is 2.82. The van der Waals surface area contributed by atoms with Gasteiger partial charge in [0.15, 0.2) is 18.1 Å². The zero-order chi connectivity index (χ0) is 22.3. The lowest BCUT2D eigenvalue weighted by molar-refractivity contribution is 0.0743. The molecule has 0 bridgehead atoms. The van der Waals surface area contributed by atoms with Crippen LogP contribution in [0.4, 0.5) is 0 Å². The molecule has 0 aliphatic rings. The number of para-hydroxylation sites is 2. The molecule has 0 aliphatic heterocycles. The zero-order valence-corrected chi connectivity index (χ0v) is 17.6. The van der Waals surface area contributed by atoms with Crippen LogP contribution in [0.25, 0.3) is 0 Å². The molecule has 160 valence electrons. The minimum atomic E-state index is -0.640. The molecule has 30 heavy (non-hydrogen) atoms. The number of carbonyl (C=O) groups excluding carboxylic acids is 1. The van der Waals surface area contributed by atoms with E-state index in [0.717, 1.165) is 4.57 Å². The maximum Gasteiger partial charge on any atom is 0.271 e. The summed E-state index contributed by atoms with van der Waals surface area (Å²) in [5, 5.41) is 20.1. The number of hydrogen-bond donors (Lipinski definition) is 1. The van der Waals surface area contributed by atoms with Crippen LogP contribution in [-0.2, 0) is 11.3 Å². The fraction of sp³-hybridized carbons (Fsp3) is 0.409. The third-order valence-electron chi connectivity index (χ3n) is 4.48. The summed E-state index contributed by atoms with van der Waals surface area (Å²) in [6.07, 6.45) is 0.470. The van der Waals surface area contributed by atoms with Crippen LogP contribution in [0, 0.1) is 18.3 Å². The van der Waals surface area contributed by atoms with E-state index in [0.29, 0.717) is 24.5 Å². The van der Waals surface area contributed by atoms with Crippen molar-refractivity contribution in [2.75, 3.05) is 20.3 Å². The van der Waals surface area contributed by atoms with E-state index in [9.17, 15) is 20.0 Å². The highest BCUT2D eigenvalue weighted by molar-refractivity contribution is 6.01. The van der Waals surface area contributed by atoms with E-state index in [2.05, 4.69) is 0 Å². The van der Waals surface area contributed by atoms with Crippen molar-refractivity contribution in [3.63, 3.8) is 0 Å². The van der Waals surface area contributed by atoms with Gasteiger partial charge in [-0.05, 0) is 44.9 Å². The Morgan fingerprint density at radius 2 is 1.93 bits per heavy atom. The summed E-state index contributed by atoms with van der Waals surface area (Å²) in [5.74, 6) is -0.210. The first-order chi connectivity index (χ1) is 14.3. The number of Topliss-reactive ketones (excluding diaryl/α,β-unsaturated/α-hetero) is 1. The lowest BCUT2D eigenvalue weighted by Gasteiger charge is -2.16. The number of aromatic nitrogens is 1. The number of ketones is 1. The van der Waals surface area contributed by atoms with E-state index in [1.54, 1.807) is 24.3 Å². The Balaban J connectivity index is 2.31. The molecule has 0 amide bonds. The Labute approximate surface area is 175 Å². The fourth-order valence-electron chi connectivity index (χ4n) is 2.99. The number of pyridine rings is 1. The van der Waals surface area contributed by atoms with E-state index >= 15 is 0 Å². The molecule has 0 aliphatic carbocycles. The van der Waals surface area contributed by atoms with E-state index in [1.165, 1.54) is 14.0 Å². The monoisotopic (exact) mass is 414 g/mol. The van der Waals surface area contributed by atoms with Gasteiger partial charge in [0.05, 0.1) is 18.8 Å². The molecule has 0 atom stereocenters. The van der Waals surface area contributed by atoms with E-state index < -0.39 is 23.8 Å². The van der Waals surface area contributed by atoms with Crippen LogP contribution in [-0.4, -0.2) is 41.9 Å². The molecule has 2 rings (SSSR count). The third kappa shape index (κ3) is 5.19. The molecular formula is C22H26N2O6. The first-order valence-corrected chi connectivity index (χ1v) is 9.58. The van der Waals surface area contributed by atoms with Gasteiger partial charge in [-0.25, -0.2) is 0 Å². The smallest absolute Gasteiger partial charge is 0.271 e. The summed E-state index contributed by atoms with van der Waals surface area (Å²) in [4.78, 5) is 25.4. The molecule has 1 aromatic carbocycles. The van der Waals surface area contributed by atoms with Crippen molar-refractivity contribution < 1.29 is 24.1 Å². The van der Waals surface area contributed by atoms with Crippen LogP contribution in [0.2, 0.25) is 0 Å². The Hall–Kier alpha value is -3.31. The number of aromatic hydroxyl groups is 1. The number of methoxy groups -OCH3 is 1. The van der Waals surface area contributed by atoms with E-state index in [-0.39, 0.29) is 29.3 Å². The fourth-order valence-corrected chi connectivity index (χ4v) is 2.99. The standard InChI is InChI=1S/C22H26N2O6/c1-14(2)29-11-7-10-24-21(26)16(12-23)15(3)20(22(24)27)17(25)13-30-19-9-6-5-8-18(19)28-4/h5-6,8-9,14,27H,7,10-11,13H2,1-4H3. The Kier molecular flexibility index (Phi) is 8.01. The van der Waals surface area contributed by atoms with Crippen molar-refractivity contribution in [3.8, 4) is 23.4 Å². The first kappa shape index (κ1) is 23.0. The van der Waals surface area contributed by atoms with Crippen LogP contribution >= 0.6 is 0 Å². The molecule has 0 spiro atoms. The molecule has 0 radical (unpaired) electrons. The van der Waals surface area contributed by atoms with E-state index in [1.807, 2.05) is 19.9 Å². The third-order valence-corrected chi connectivity index (χ3v) is 4.48.